The smallest absolute Gasteiger partial charge is 0.341 e. The van der Waals surface area contributed by atoms with Crippen LogP contribution in [0.25, 0.3) is 0 Å². The van der Waals surface area contributed by atoms with Crippen LogP contribution in [-0.4, -0.2) is 25.2 Å². The zero-order valence-corrected chi connectivity index (χ0v) is 14.4. The van der Waals surface area contributed by atoms with Gasteiger partial charge in [-0.25, -0.2) is 17.2 Å². The zero-order chi connectivity index (χ0) is 18.4. The molecule has 0 spiro atoms. The molecule has 136 valence electrons. The van der Waals surface area contributed by atoms with E-state index in [1.807, 2.05) is 17.5 Å². The summed E-state index contributed by atoms with van der Waals surface area (Å²) < 4.78 is 77.3. The molecule has 3 rings (SSSR count). The number of hydrogen-bond acceptors (Lipinski definition) is 4. The highest BCUT2D eigenvalue weighted by Gasteiger charge is 2.50. The fraction of sp³-hybridized carbons (Fsp3) is 0.375. The first kappa shape index (κ1) is 18.3. The Morgan fingerprint density at radius 2 is 1.96 bits per heavy atom. The minimum Gasteiger partial charge on any atom is -0.382 e. The average molecular weight is 394 g/mol. The second kappa shape index (κ2) is 6.37. The first-order chi connectivity index (χ1) is 11.6. The van der Waals surface area contributed by atoms with Crippen LogP contribution in [-0.2, 0) is 29.1 Å². The van der Waals surface area contributed by atoms with Crippen LogP contribution in [0.4, 0.5) is 17.6 Å². The van der Waals surface area contributed by atoms with E-state index in [2.05, 4.69) is 0 Å². The van der Waals surface area contributed by atoms with Crippen molar-refractivity contribution < 1.29 is 31.1 Å². The third-order valence-corrected chi connectivity index (χ3v) is 6.64. The van der Waals surface area contributed by atoms with Crippen LogP contribution in [0.1, 0.15) is 27.7 Å². The van der Waals surface area contributed by atoms with Crippen molar-refractivity contribution in [3.05, 3.63) is 51.2 Å². The number of rotatable bonds is 5. The van der Waals surface area contributed by atoms with Crippen LogP contribution in [0.3, 0.4) is 0 Å². The summed E-state index contributed by atoms with van der Waals surface area (Å²) in [5.74, 6) is -7.33. The van der Waals surface area contributed by atoms with E-state index < -0.39 is 44.5 Å². The fourth-order valence-electron chi connectivity index (χ4n) is 3.03. The predicted molar refractivity (Wildman–Crippen MR) is 85.0 cm³/mol. The minimum atomic E-state index is -5.08. The van der Waals surface area contributed by atoms with E-state index >= 15 is 0 Å². The maximum atomic E-state index is 14.0. The lowest BCUT2D eigenvalue weighted by Gasteiger charge is -2.16. The lowest BCUT2D eigenvalue weighted by atomic mass is 9.99. The monoisotopic (exact) mass is 394 g/mol. The van der Waals surface area contributed by atoms with Gasteiger partial charge >= 0.3 is 5.76 Å². The number of aliphatic hydroxyl groups excluding tert-OH is 1. The zero-order valence-electron chi connectivity index (χ0n) is 12.8. The summed E-state index contributed by atoms with van der Waals surface area (Å²) in [6, 6.07) is 5.91. The van der Waals surface area contributed by atoms with Crippen LogP contribution < -0.4 is 0 Å². The molecule has 25 heavy (non-hydrogen) atoms. The van der Waals surface area contributed by atoms with Crippen LogP contribution in [0.2, 0.25) is 0 Å². The first-order valence-electron chi connectivity index (χ1n) is 7.39. The summed E-state index contributed by atoms with van der Waals surface area (Å²) in [7, 11) is -5.08. The van der Waals surface area contributed by atoms with E-state index in [9.17, 15) is 31.1 Å². The average Bonchev–Trinajstić information content (AvgIpc) is 3.12. The highest BCUT2D eigenvalue weighted by atomic mass is 32.2. The Labute approximate surface area is 145 Å². The van der Waals surface area contributed by atoms with Gasteiger partial charge in [-0.3, -0.25) is 0 Å². The first-order valence-corrected chi connectivity index (χ1v) is 9.82. The van der Waals surface area contributed by atoms with Gasteiger partial charge in [0.2, 0.25) is 9.84 Å². The molecule has 1 atom stereocenters. The van der Waals surface area contributed by atoms with E-state index in [4.69, 9.17) is 0 Å². The van der Waals surface area contributed by atoms with Gasteiger partial charge in [0, 0.05) is 16.9 Å². The second-order valence-corrected chi connectivity index (χ2v) is 8.76. The normalized spacial score (nSPS) is 19.4. The van der Waals surface area contributed by atoms with Gasteiger partial charge < -0.3 is 5.11 Å². The molecule has 0 bridgehead atoms. The third kappa shape index (κ3) is 3.20. The molecular formula is C16H14F4O3S2. The number of fused-ring (bicyclic) bond motifs is 1. The molecule has 9 heteroatoms. The number of halogens is 4. The quantitative estimate of drug-likeness (QED) is 0.786. The molecule has 1 N–H and O–H groups in total. The molecule has 3 nitrogen and oxygen atoms in total. The molecule has 2 aromatic rings. The SMILES string of the molecule is O=S(=O)(c1ccc(CCc2cccs2)c2c1[C@H](O)C(F)(F)C2)C(F)F. The minimum absolute atomic E-state index is 0.0456. The summed E-state index contributed by atoms with van der Waals surface area (Å²) >= 11 is 1.49. The van der Waals surface area contributed by atoms with Crippen molar-refractivity contribution in [3.8, 4) is 0 Å². The summed E-state index contributed by atoms with van der Waals surface area (Å²) in [5.41, 5.74) is -0.197. The number of thiophene rings is 1. The number of sulfone groups is 1. The van der Waals surface area contributed by atoms with Gasteiger partial charge in [0.25, 0.3) is 5.92 Å². The number of aliphatic hydroxyl groups is 1. The lowest BCUT2D eigenvalue weighted by molar-refractivity contribution is -0.0976. The Bertz CT molecular complexity index is 877. The van der Waals surface area contributed by atoms with Gasteiger partial charge in [0.15, 0.2) is 0 Å². The van der Waals surface area contributed by atoms with Crippen molar-refractivity contribution in [2.24, 2.45) is 0 Å². The lowest BCUT2D eigenvalue weighted by Crippen LogP contribution is -2.23. The molecule has 0 aliphatic heterocycles. The van der Waals surface area contributed by atoms with E-state index in [0.717, 1.165) is 10.9 Å². The van der Waals surface area contributed by atoms with Crippen molar-refractivity contribution in [1.29, 1.82) is 0 Å². The second-order valence-electron chi connectivity index (χ2n) is 5.84. The molecule has 0 radical (unpaired) electrons. The topological polar surface area (TPSA) is 54.4 Å². The largest absolute Gasteiger partial charge is 0.382 e. The fourth-order valence-corrected chi connectivity index (χ4v) is 4.73. The number of aryl methyl sites for hydroxylation is 2. The molecule has 1 aromatic carbocycles. The maximum absolute atomic E-state index is 14.0. The van der Waals surface area contributed by atoms with E-state index in [1.165, 1.54) is 17.4 Å². The van der Waals surface area contributed by atoms with Gasteiger partial charge in [0.1, 0.15) is 6.10 Å². The van der Waals surface area contributed by atoms with Crippen LogP contribution in [0.15, 0.2) is 34.5 Å². The van der Waals surface area contributed by atoms with Crippen molar-refractivity contribution in [2.75, 3.05) is 0 Å². The number of benzene rings is 1. The Balaban J connectivity index is 2.07. The number of hydrogen-bond donors (Lipinski definition) is 1. The van der Waals surface area contributed by atoms with Gasteiger partial charge in [-0.15, -0.1) is 11.3 Å². The molecule has 1 aliphatic carbocycles. The van der Waals surface area contributed by atoms with Crippen molar-refractivity contribution >= 4 is 21.2 Å². The summed E-state index contributed by atoms with van der Waals surface area (Å²) in [4.78, 5) is 0.102. The predicted octanol–water partition coefficient (Wildman–Crippen LogP) is 3.75. The molecule has 1 aromatic heterocycles. The van der Waals surface area contributed by atoms with Crippen LogP contribution in [0, 0.1) is 0 Å². The Morgan fingerprint density at radius 3 is 2.56 bits per heavy atom. The van der Waals surface area contributed by atoms with Gasteiger partial charge in [-0.1, -0.05) is 12.1 Å². The molecular weight excluding hydrogens is 380 g/mol. The maximum Gasteiger partial charge on any atom is 0.341 e. The van der Waals surface area contributed by atoms with Crippen molar-refractivity contribution in [2.45, 2.75) is 41.9 Å². The molecule has 0 saturated heterocycles. The molecule has 0 amide bonds. The number of alkyl halides is 4. The van der Waals surface area contributed by atoms with Gasteiger partial charge in [0.05, 0.1) is 4.90 Å². The molecule has 0 unspecified atom stereocenters. The van der Waals surface area contributed by atoms with Gasteiger partial charge in [-0.2, -0.15) is 8.78 Å². The van der Waals surface area contributed by atoms with Crippen molar-refractivity contribution in [3.63, 3.8) is 0 Å². The molecule has 0 saturated carbocycles. The van der Waals surface area contributed by atoms with Crippen LogP contribution in [0.5, 0.6) is 0 Å². The van der Waals surface area contributed by atoms with E-state index in [-0.39, 0.29) is 5.56 Å². The highest BCUT2D eigenvalue weighted by Crippen LogP contribution is 2.47. The van der Waals surface area contributed by atoms with Crippen molar-refractivity contribution in [1.82, 2.24) is 0 Å². The van der Waals surface area contributed by atoms with Gasteiger partial charge in [-0.05, 0) is 41.5 Å². The van der Waals surface area contributed by atoms with Crippen LogP contribution >= 0.6 is 11.3 Å². The van der Waals surface area contributed by atoms with E-state index in [0.29, 0.717) is 18.4 Å². The molecule has 1 aliphatic rings. The summed E-state index contributed by atoms with van der Waals surface area (Å²) in [5, 5.41) is 11.7. The standard InChI is InChI=1S/C16H14F4O3S2/c17-15(18)25(22,23)12-6-4-9(3-5-10-2-1-7-24-10)11-8-16(19,20)14(21)13(11)12/h1-2,4,6-7,14-15,21H,3,5,8H2/t14-/m0/s1. The summed E-state index contributed by atoms with van der Waals surface area (Å²) in [6.07, 6.45) is -2.38. The van der Waals surface area contributed by atoms with E-state index in [1.54, 1.807) is 0 Å². The Hall–Kier alpha value is -1.45. The third-order valence-electron chi connectivity index (χ3n) is 4.26. The molecule has 0 fully saturated rings. The summed E-state index contributed by atoms with van der Waals surface area (Å²) in [6.45, 7) is 0. The Kier molecular flexibility index (Phi) is 4.67. The highest BCUT2D eigenvalue weighted by molar-refractivity contribution is 7.91. The molecule has 1 heterocycles. The Morgan fingerprint density at radius 1 is 1.24 bits per heavy atom.